The summed E-state index contributed by atoms with van der Waals surface area (Å²) in [5.74, 6) is 1.39. The van der Waals surface area contributed by atoms with Gasteiger partial charge < -0.3 is 10.1 Å². The summed E-state index contributed by atoms with van der Waals surface area (Å²) in [6.45, 7) is 11.7. The van der Waals surface area contributed by atoms with Crippen molar-refractivity contribution in [1.29, 1.82) is 0 Å². The van der Waals surface area contributed by atoms with Gasteiger partial charge in [0.15, 0.2) is 5.65 Å². The van der Waals surface area contributed by atoms with Gasteiger partial charge in [0.2, 0.25) is 0 Å². The molecule has 1 aliphatic carbocycles. The molecule has 1 aliphatic heterocycles. The van der Waals surface area contributed by atoms with Crippen LogP contribution in [-0.4, -0.2) is 34.3 Å². The molecule has 0 spiro atoms. The Morgan fingerprint density at radius 3 is 2.58 bits per heavy atom. The fraction of sp³-hybridized carbons (Fsp3) is 0.714. The molecule has 0 bridgehead atoms. The van der Waals surface area contributed by atoms with Crippen molar-refractivity contribution in [2.75, 3.05) is 19.7 Å². The molecule has 0 unspecified atom stereocenters. The third-order valence-corrected chi connectivity index (χ3v) is 6.23. The molecule has 4 rings (SSSR count). The molecule has 3 heterocycles. The second-order valence-corrected chi connectivity index (χ2v) is 9.14. The Kier molecular flexibility index (Phi) is 4.78. The fourth-order valence-electron chi connectivity index (χ4n) is 4.59. The van der Waals surface area contributed by atoms with Crippen molar-refractivity contribution in [2.45, 2.75) is 65.4 Å². The Morgan fingerprint density at radius 2 is 1.92 bits per heavy atom. The zero-order valence-electron chi connectivity index (χ0n) is 16.6. The second kappa shape index (κ2) is 6.93. The molecule has 1 saturated carbocycles. The van der Waals surface area contributed by atoms with Crippen LogP contribution in [0.3, 0.4) is 0 Å². The number of nitrogens with one attached hydrogen (secondary N) is 1. The molecule has 1 N–H and O–H groups in total. The Labute approximate surface area is 156 Å². The summed E-state index contributed by atoms with van der Waals surface area (Å²) in [4.78, 5) is 4.73. The van der Waals surface area contributed by atoms with E-state index in [-0.39, 0.29) is 6.10 Å². The molecule has 1 saturated heterocycles. The summed E-state index contributed by atoms with van der Waals surface area (Å²) < 4.78 is 8.01. The lowest BCUT2D eigenvalue weighted by Gasteiger charge is -2.36. The highest BCUT2D eigenvalue weighted by Gasteiger charge is 2.31. The highest BCUT2D eigenvalue weighted by molar-refractivity contribution is 5.43. The van der Waals surface area contributed by atoms with E-state index in [4.69, 9.17) is 14.8 Å². The van der Waals surface area contributed by atoms with Gasteiger partial charge in [0, 0.05) is 30.8 Å². The monoisotopic (exact) mass is 356 g/mol. The molecular weight excluding hydrogens is 324 g/mol. The van der Waals surface area contributed by atoms with E-state index in [0.717, 1.165) is 42.6 Å². The van der Waals surface area contributed by atoms with Gasteiger partial charge in [0.25, 0.3) is 0 Å². The molecule has 142 valence electrons. The SMILES string of the molecule is Cc1cc([C@@H]2CNCCO2)n2nc([C@H]3CC[C@H](C(C)(C)C)CC3)cc2n1. The fourth-order valence-corrected chi connectivity index (χ4v) is 4.59. The van der Waals surface area contributed by atoms with Gasteiger partial charge in [-0.1, -0.05) is 20.8 Å². The van der Waals surface area contributed by atoms with E-state index in [0.29, 0.717) is 11.3 Å². The standard InChI is InChI=1S/C21H32N4O/c1-14-11-18(19-13-22-9-10-26-19)25-20(23-14)12-17(24-25)15-5-7-16(8-6-15)21(2,3)4/h11-12,15-16,19,22H,5-10,13H2,1-4H3/t15-,16-,19-/m0/s1. The van der Waals surface area contributed by atoms with E-state index in [2.05, 4.69) is 45.1 Å². The van der Waals surface area contributed by atoms with E-state index in [1.807, 2.05) is 4.52 Å². The van der Waals surface area contributed by atoms with E-state index in [9.17, 15) is 0 Å². The molecule has 5 nitrogen and oxygen atoms in total. The molecule has 1 atom stereocenters. The van der Waals surface area contributed by atoms with Crippen LogP contribution in [0.4, 0.5) is 0 Å². The van der Waals surface area contributed by atoms with Gasteiger partial charge in [-0.3, -0.25) is 0 Å². The Morgan fingerprint density at radius 1 is 1.15 bits per heavy atom. The first kappa shape index (κ1) is 17.9. The van der Waals surface area contributed by atoms with Crippen molar-refractivity contribution < 1.29 is 4.74 Å². The molecular formula is C21H32N4O. The van der Waals surface area contributed by atoms with Gasteiger partial charge >= 0.3 is 0 Å². The van der Waals surface area contributed by atoms with Crippen LogP contribution in [0.25, 0.3) is 5.65 Å². The van der Waals surface area contributed by atoms with Crippen LogP contribution in [0, 0.1) is 18.3 Å². The number of ether oxygens (including phenoxy) is 1. The summed E-state index contributed by atoms with van der Waals surface area (Å²) in [6, 6.07) is 4.33. The van der Waals surface area contributed by atoms with E-state index >= 15 is 0 Å². The van der Waals surface area contributed by atoms with Crippen molar-refractivity contribution in [1.82, 2.24) is 19.9 Å². The van der Waals surface area contributed by atoms with Crippen molar-refractivity contribution in [2.24, 2.45) is 11.3 Å². The van der Waals surface area contributed by atoms with Crippen LogP contribution in [0.5, 0.6) is 0 Å². The number of hydrogen-bond donors (Lipinski definition) is 1. The minimum Gasteiger partial charge on any atom is -0.369 e. The smallest absolute Gasteiger partial charge is 0.155 e. The number of morpholine rings is 1. The van der Waals surface area contributed by atoms with E-state index in [1.54, 1.807) is 0 Å². The van der Waals surface area contributed by atoms with Crippen LogP contribution >= 0.6 is 0 Å². The second-order valence-electron chi connectivity index (χ2n) is 9.14. The summed E-state index contributed by atoms with van der Waals surface area (Å²) >= 11 is 0. The van der Waals surface area contributed by atoms with Gasteiger partial charge in [-0.05, 0) is 50.0 Å². The number of aromatic nitrogens is 3. The lowest BCUT2D eigenvalue weighted by Crippen LogP contribution is -2.34. The van der Waals surface area contributed by atoms with Crippen molar-refractivity contribution in [3.8, 4) is 0 Å². The predicted molar refractivity (Wildman–Crippen MR) is 103 cm³/mol. The number of rotatable bonds is 2. The lowest BCUT2D eigenvalue weighted by atomic mass is 9.69. The van der Waals surface area contributed by atoms with Gasteiger partial charge in [0.1, 0.15) is 6.10 Å². The average molecular weight is 357 g/mol. The number of nitrogens with zero attached hydrogens (tertiary/aromatic N) is 3. The molecule has 5 heteroatoms. The Balaban J connectivity index is 1.60. The molecule has 2 aromatic rings. The summed E-state index contributed by atoms with van der Waals surface area (Å²) in [7, 11) is 0. The number of aryl methyl sites for hydroxylation is 1. The number of fused-ring (bicyclic) bond motifs is 1. The van der Waals surface area contributed by atoms with Gasteiger partial charge in [0.05, 0.1) is 18.0 Å². The maximum atomic E-state index is 5.98. The summed E-state index contributed by atoms with van der Waals surface area (Å²) in [6.07, 6.45) is 5.13. The first-order valence-electron chi connectivity index (χ1n) is 10.1. The van der Waals surface area contributed by atoms with Gasteiger partial charge in [-0.25, -0.2) is 9.50 Å². The molecule has 2 fully saturated rings. The van der Waals surface area contributed by atoms with Gasteiger partial charge in [-0.15, -0.1) is 0 Å². The van der Waals surface area contributed by atoms with Crippen molar-refractivity contribution >= 4 is 5.65 Å². The lowest BCUT2D eigenvalue weighted by molar-refractivity contribution is 0.0236. The third kappa shape index (κ3) is 3.52. The molecule has 0 radical (unpaired) electrons. The average Bonchev–Trinajstić information content (AvgIpc) is 3.05. The Hall–Kier alpha value is -1.46. The van der Waals surface area contributed by atoms with Crippen LogP contribution in [0.15, 0.2) is 12.1 Å². The summed E-state index contributed by atoms with van der Waals surface area (Å²) in [5, 5.41) is 8.41. The van der Waals surface area contributed by atoms with E-state index < -0.39 is 0 Å². The molecule has 0 aromatic carbocycles. The minimum atomic E-state index is 0.0531. The van der Waals surface area contributed by atoms with Crippen molar-refractivity contribution in [3.05, 3.63) is 29.2 Å². The summed E-state index contributed by atoms with van der Waals surface area (Å²) in [5.41, 5.74) is 4.74. The zero-order chi connectivity index (χ0) is 18.3. The molecule has 26 heavy (non-hydrogen) atoms. The third-order valence-electron chi connectivity index (χ3n) is 6.23. The quantitative estimate of drug-likeness (QED) is 0.883. The Bertz CT molecular complexity index is 762. The topological polar surface area (TPSA) is 51.5 Å². The highest BCUT2D eigenvalue weighted by atomic mass is 16.5. The van der Waals surface area contributed by atoms with E-state index in [1.165, 1.54) is 31.4 Å². The normalized spacial score (nSPS) is 27.8. The largest absolute Gasteiger partial charge is 0.369 e. The maximum Gasteiger partial charge on any atom is 0.155 e. The molecule has 2 aliphatic rings. The molecule has 2 aromatic heterocycles. The first-order chi connectivity index (χ1) is 12.4. The number of hydrogen-bond acceptors (Lipinski definition) is 4. The van der Waals surface area contributed by atoms with Gasteiger partial charge in [-0.2, -0.15) is 5.10 Å². The van der Waals surface area contributed by atoms with Crippen LogP contribution in [0.2, 0.25) is 0 Å². The van der Waals surface area contributed by atoms with Crippen LogP contribution < -0.4 is 5.32 Å². The van der Waals surface area contributed by atoms with Crippen molar-refractivity contribution in [3.63, 3.8) is 0 Å². The first-order valence-corrected chi connectivity index (χ1v) is 10.1. The predicted octanol–water partition coefficient (Wildman–Crippen LogP) is 4.02. The highest BCUT2D eigenvalue weighted by Crippen LogP contribution is 2.43. The maximum absolute atomic E-state index is 5.98. The minimum absolute atomic E-state index is 0.0531. The van der Waals surface area contributed by atoms with Crippen LogP contribution in [0.1, 0.15) is 75.6 Å². The molecule has 0 amide bonds. The zero-order valence-corrected chi connectivity index (χ0v) is 16.6. The van der Waals surface area contributed by atoms with Crippen LogP contribution in [-0.2, 0) is 4.74 Å².